The minimum Gasteiger partial charge on any atom is -0.346 e. The average Bonchev–Trinajstić information content (AvgIpc) is 2.48. The smallest absolute Gasteiger partial charge is 0.346 e. The van der Waals surface area contributed by atoms with Gasteiger partial charge in [-0.25, -0.2) is 8.78 Å². The molecular weight excluding hydrogens is 520 g/mol. The summed E-state index contributed by atoms with van der Waals surface area (Å²) >= 11 is 5.67. The standard InChI is InChI=1S/C16H8Br2F8O/c17-7-1-3-9(11(19)5-7)13(15(21,22)23)27-14(16(24,25)26)10-4-2-8(18)6-12(10)20/h1-6,13-14H. The van der Waals surface area contributed by atoms with Crippen molar-refractivity contribution in [1.82, 2.24) is 0 Å². The second-order valence-electron chi connectivity index (χ2n) is 5.31. The van der Waals surface area contributed by atoms with Gasteiger partial charge < -0.3 is 4.74 Å². The highest BCUT2D eigenvalue weighted by Gasteiger charge is 2.51. The van der Waals surface area contributed by atoms with Crippen LogP contribution in [0.15, 0.2) is 45.3 Å². The van der Waals surface area contributed by atoms with E-state index in [-0.39, 0.29) is 8.95 Å². The molecule has 0 spiro atoms. The van der Waals surface area contributed by atoms with Crippen LogP contribution in [0.3, 0.4) is 0 Å². The monoisotopic (exact) mass is 526 g/mol. The van der Waals surface area contributed by atoms with Crippen molar-refractivity contribution >= 4 is 31.9 Å². The van der Waals surface area contributed by atoms with Gasteiger partial charge in [-0.05, 0) is 24.3 Å². The molecule has 0 saturated heterocycles. The molecule has 2 aromatic rings. The first kappa shape index (κ1) is 22.1. The lowest BCUT2D eigenvalue weighted by Crippen LogP contribution is -2.32. The van der Waals surface area contributed by atoms with E-state index in [1.807, 2.05) is 0 Å². The zero-order chi connectivity index (χ0) is 20.6. The number of alkyl halides is 6. The molecule has 0 aromatic heterocycles. The van der Waals surface area contributed by atoms with E-state index in [0.717, 1.165) is 12.1 Å². The van der Waals surface area contributed by atoms with Crippen molar-refractivity contribution in [2.24, 2.45) is 0 Å². The Labute approximate surface area is 164 Å². The minimum absolute atomic E-state index is 0.0796. The third kappa shape index (κ3) is 5.41. The first-order chi connectivity index (χ1) is 12.3. The summed E-state index contributed by atoms with van der Waals surface area (Å²) in [5, 5.41) is 0. The Balaban J connectivity index is 2.54. The number of ether oxygens (including phenoxy) is 1. The fraction of sp³-hybridized carbons (Fsp3) is 0.250. The zero-order valence-corrected chi connectivity index (χ0v) is 16.0. The summed E-state index contributed by atoms with van der Waals surface area (Å²) in [6.07, 6.45) is -17.3. The van der Waals surface area contributed by atoms with E-state index in [1.165, 1.54) is 0 Å². The van der Waals surface area contributed by atoms with Crippen LogP contribution >= 0.6 is 31.9 Å². The highest BCUT2D eigenvalue weighted by Crippen LogP contribution is 2.46. The van der Waals surface area contributed by atoms with E-state index in [2.05, 4.69) is 36.6 Å². The van der Waals surface area contributed by atoms with Crippen molar-refractivity contribution in [3.8, 4) is 0 Å². The van der Waals surface area contributed by atoms with Gasteiger partial charge in [0.05, 0.1) is 0 Å². The summed E-state index contributed by atoms with van der Waals surface area (Å²) < 4.78 is 112. The molecule has 0 amide bonds. The van der Waals surface area contributed by atoms with E-state index < -0.39 is 47.3 Å². The highest BCUT2D eigenvalue weighted by molar-refractivity contribution is 9.10. The molecule has 2 aromatic carbocycles. The van der Waals surface area contributed by atoms with Gasteiger partial charge in [0.2, 0.25) is 0 Å². The Kier molecular flexibility index (Phi) is 6.58. The molecule has 0 aliphatic carbocycles. The van der Waals surface area contributed by atoms with Crippen molar-refractivity contribution in [2.75, 3.05) is 0 Å². The van der Waals surface area contributed by atoms with Crippen LogP contribution in [0.4, 0.5) is 35.1 Å². The van der Waals surface area contributed by atoms with E-state index in [9.17, 15) is 35.1 Å². The number of hydrogen-bond acceptors (Lipinski definition) is 1. The zero-order valence-electron chi connectivity index (χ0n) is 12.8. The quantitative estimate of drug-likeness (QED) is 0.376. The highest BCUT2D eigenvalue weighted by atomic mass is 79.9. The van der Waals surface area contributed by atoms with Gasteiger partial charge in [-0.15, -0.1) is 0 Å². The third-order valence-corrected chi connectivity index (χ3v) is 4.34. The molecule has 148 valence electrons. The Morgan fingerprint density at radius 2 is 1.00 bits per heavy atom. The number of rotatable bonds is 4. The molecule has 27 heavy (non-hydrogen) atoms. The molecule has 0 heterocycles. The van der Waals surface area contributed by atoms with Crippen molar-refractivity contribution in [1.29, 1.82) is 0 Å². The van der Waals surface area contributed by atoms with E-state index >= 15 is 0 Å². The van der Waals surface area contributed by atoms with Gasteiger partial charge in [-0.3, -0.25) is 0 Å². The van der Waals surface area contributed by atoms with Crippen molar-refractivity contribution in [3.63, 3.8) is 0 Å². The van der Waals surface area contributed by atoms with Gasteiger partial charge in [0.15, 0.2) is 12.2 Å². The maximum atomic E-state index is 13.9. The molecule has 0 N–H and O–H groups in total. The van der Waals surface area contributed by atoms with Gasteiger partial charge in [0.1, 0.15) is 11.6 Å². The molecule has 0 aliphatic heterocycles. The summed E-state index contributed by atoms with van der Waals surface area (Å²) in [7, 11) is 0. The molecule has 2 rings (SSSR count). The van der Waals surface area contributed by atoms with Gasteiger partial charge in [-0.1, -0.05) is 44.0 Å². The van der Waals surface area contributed by atoms with Crippen molar-refractivity contribution in [3.05, 3.63) is 68.1 Å². The lowest BCUT2D eigenvalue weighted by molar-refractivity contribution is -0.293. The third-order valence-electron chi connectivity index (χ3n) is 3.36. The molecule has 0 saturated carbocycles. The first-order valence-corrected chi connectivity index (χ1v) is 8.58. The summed E-state index contributed by atoms with van der Waals surface area (Å²) in [4.78, 5) is 0. The topological polar surface area (TPSA) is 9.23 Å². The van der Waals surface area contributed by atoms with Crippen LogP contribution in [-0.4, -0.2) is 12.4 Å². The maximum absolute atomic E-state index is 13.9. The maximum Gasteiger partial charge on any atom is 0.419 e. The van der Waals surface area contributed by atoms with Crippen LogP contribution in [-0.2, 0) is 4.74 Å². The minimum atomic E-state index is -5.38. The second kappa shape index (κ2) is 8.04. The molecule has 2 atom stereocenters. The predicted molar refractivity (Wildman–Crippen MR) is 86.9 cm³/mol. The van der Waals surface area contributed by atoms with E-state index in [1.54, 1.807) is 0 Å². The molecule has 0 fully saturated rings. The second-order valence-corrected chi connectivity index (χ2v) is 7.14. The number of hydrogen-bond donors (Lipinski definition) is 0. The van der Waals surface area contributed by atoms with Gasteiger partial charge in [-0.2, -0.15) is 26.3 Å². The van der Waals surface area contributed by atoms with Crippen molar-refractivity contribution < 1.29 is 39.9 Å². The normalized spacial score (nSPS) is 14.9. The average molecular weight is 528 g/mol. The largest absolute Gasteiger partial charge is 0.419 e. The Morgan fingerprint density at radius 3 is 1.26 bits per heavy atom. The Hall–Kier alpha value is -1.20. The molecule has 11 heteroatoms. The summed E-state index contributed by atoms with van der Waals surface area (Å²) in [5.74, 6) is -2.85. The van der Waals surface area contributed by atoms with Crippen molar-refractivity contribution in [2.45, 2.75) is 24.6 Å². The van der Waals surface area contributed by atoms with Crippen LogP contribution in [0.1, 0.15) is 23.3 Å². The molecule has 0 bridgehead atoms. The summed E-state index contributed by atoms with van der Waals surface area (Å²) in [6.45, 7) is 0. The number of halogens is 10. The van der Waals surface area contributed by atoms with E-state index in [4.69, 9.17) is 0 Å². The van der Waals surface area contributed by atoms with Crippen LogP contribution in [0.2, 0.25) is 0 Å². The van der Waals surface area contributed by atoms with E-state index in [0.29, 0.717) is 24.3 Å². The van der Waals surface area contributed by atoms with Crippen LogP contribution in [0, 0.1) is 11.6 Å². The Bertz CT molecular complexity index is 752. The first-order valence-electron chi connectivity index (χ1n) is 6.99. The van der Waals surface area contributed by atoms with Crippen LogP contribution in [0.25, 0.3) is 0 Å². The number of benzene rings is 2. The van der Waals surface area contributed by atoms with Gasteiger partial charge >= 0.3 is 12.4 Å². The summed E-state index contributed by atoms with van der Waals surface area (Å²) in [6, 6.07) is 4.62. The lowest BCUT2D eigenvalue weighted by atomic mass is 10.1. The fourth-order valence-electron chi connectivity index (χ4n) is 2.22. The SMILES string of the molecule is Fc1cc(Br)ccc1C(OC(c1ccc(Br)cc1F)C(F)(F)F)C(F)(F)F. The Morgan fingerprint density at radius 1 is 0.667 bits per heavy atom. The van der Waals surface area contributed by atoms with Gasteiger partial charge in [0.25, 0.3) is 0 Å². The molecular formula is C16H8Br2F8O. The summed E-state index contributed by atoms with van der Waals surface area (Å²) in [5.41, 5.74) is -2.31. The molecule has 0 aliphatic rings. The van der Waals surface area contributed by atoms with Gasteiger partial charge in [0, 0.05) is 20.1 Å². The van der Waals surface area contributed by atoms with Crippen LogP contribution < -0.4 is 0 Å². The fourth-order valence-corrected chi connectivity index (χ4v) is 2.88. The molecule has 0 radical (unpaired) electrons. The lowest BCUT2D eigenvalue weighted by Gasteiger charge is -2.29. The van der Waals surface area contributed by atoms with Crippen LogP contribution in [0.5, 0.6) is 0 Å². The molecule has 2 unspecified atom stereocenters. The predicted octanol–water partition coefficient (Wildman–Crippen LogP) is 7.41. The molecule has 1 nitrogen and oxygen atoms in total.